The van der Waals surface area contributed by atoms with Crippen LogP contribution in [0.2, 0.25) is 5.15 Å². The van der Waals surface area contributed by atoms with Crippen molar-refractivity contribution in [1.29, 1.82) is 0 Å². The predicted octanol–water partition coefficient (Wildman–Crippen LogP) is 3.09. The highest BCUT2D eigenvalue weighted by molar-refractivity contribution is 6.52. The molecule has 1 aromatic heterocycles. The van der Waals surface area contributed by atoms with E-state index in [-0.39, 0.29) is 22.1 Å². The number of hydrogen-bond donors (Lipinski definition) is 1. The Hall–Kier alpha value is -1.04. The Balaban J connectivity index is 2.10. The Bertz CT molecular complexity index is 501. The van der Waals surface area contributed by atoms with Gasteiger partial charge in [0.1, 0.15) is 0 Å². The first-order valence-corrected chi connectivity index (χ1v) is 6.48. The zero-order chi connectivity index (χ0) is 14.3. The standard InChI is InChI=1S/C13H17BClNO3/c1-12(2)13(3,4)19-14(18-12)8-7-9-5-6-10(17)11(15)16-9/h5-8,17H,1-4H3/b8-7+. The van der Waals surface area contributed by atoms with Gasteiger partial charge < -0.3 is 14.4 Å². The fraction of sp³-hybridized carbons (Fsp3) is 0.462. The molecule has 0 spiro atoms. The quantitative estimate of drug-likeness (QED) is 0.668. The molecule has 2 heterocycles. The van der Waals surface area contributed by atoms with Crippen molar-refractivity contribution in [3.63, 3.8) is 0 Å². The van der Waals surface area contributed by atoms with Crippen LogP contribution in [0.25, 0.3) is 6.08 Å². The second-order valence-electron chi connectivity index (χ2n) is 5.53. The number of hydrogen-bond acceptors (Lipinski definition) is 4. The van der Waals surface area contributed by atoms with Crippen LogP contribution in [0.5, 0.6) is 5.75 Å². The summed E-state index contributed by atoms with van der Waals surface area (Å²) in [7, 11) is -0.417. The van der Waals surface area contributed by atoms with E-state index in [1.54, 1.807) is 18.1 Å². The molecule has 6 heteroatoms. The zero-order valence-corrected chi connectivity index (χ0v) is 12.2. The normalized spacial score (nSPS) is 21.2. The summed E-state index contributed by atoms with van der Waals surface area (Å²) >= 11 is 5.74. The van der Waals surface area contributed by atoms with Crippen molar-refractivity contribution < 1.29 is 14.4 Å². The summed E-state index contributed by atoms with van der Waals surface area (Å²) in [6, 6.07) is 3.17. The van der Waals surface area contributed by atoms with Gasteiger partial charge in [0.2, 0.25) is 0 Å². The topological polar surface area (TPSA) is 51.6 Å². The van der Waals surface area contributed by atoms with Crippen molar-refractivity contribution in [2.24, 2.45) is 0 Å². The van der Waals surface area contributed by atoms with Crippen LogP contribution < -0.4 is 0 Å². The predicted molar refractivity (Wildman–Crippen MR) is 76.0 cm³/mol. The van der Waals surface area contributed by atoms with Crippen LogP contribution in [0.3, 0.4) is 0 Å². The molecule has 102 valence electrons. The van der Waals surface area contributed by atoms with Crippen molar-refractivity contribution in [3.05, 3.63) is 29.0 Å². The molecule has 1 aliphatic heterocycles. The van der Waals surface area contributed by atoms with Crippen LogP contribution >= 0.6 is 11.6 Å². The second-order valence-corrected chi connectivity index (χ2v) is 5.89. The van der Waals surface area contributed by atoms with Gasteiger partial charge in [0.25, 0.3) is 0 Å². The maximum Gasteiger partial charge on any atom is 0.487 e. The molecule has 1 N–H and O–H groups in total. The number of nitrogens with zero attached hydrogens (tertiary/aromatic N) is 1. The van der Waals surface area contributed by atoms with Gasteiger partial charge in [0.05, 0.1) is 16.9 Å². The van der Waals surface area contributed by atoms with E-state index < -0.39 is 7.12 Å². The molecule has 2 rings (SSSR count). The van der Waals surface area contributed by atoms with Gasteiger partial charge in [-0.05, 0) is 45.9 Å². The molecule has 0 amide bonds. The summed E-state index contributed by atoms with van der Waals surface area (Å²) < 4.78 is 11.6. The van der Waals surface area contributed by atoms with Crippen LogP contribution in [0.15, 0.2) is 18.1 Å². The fourth-order valence-electron chi connectivity index (χ4n) is 1.68. The number of aromatic nitrogens is 1. The average Bonchev–Trinajstić information content (AvgIpc) is 2.49. The Kier molecular flexibility index (Phi) is 3.64. The van der Waals surface area contributed by atoms with Gasteiger partial charge in [-0.25, -0.2) is 4.98 Å². The number of rotatable bonds is 2. The van der Waals surface area contributed by atoms with Crippen LogP contribution in [0.1, 0.15) is 33.4 Å². The fourth-order valence-corrected chi connectivity index (χ4v) is 1.84. The third-order valence-electron chi connectivity index (χ3n) is 3.55. The first-order chi connectivity index (χ1) is 8.71. The largest absolute Gasteiger partial charge is 0.505 e. The number of pyridine rings is 1. The molecule has 19 heavy (non-hydrogen) atoms. The summed E-state index contributed by atoms with van der Waals surface area (Å²) in [5.74, 6) is 1.75. The molecule has 1 aromatic rings. The smallest absolute Gasteiger partial charge is 0.487 e. The van der Waals surface area contributed by atoms with Gasteiger partial charge in [0, 0.05) is 0 Å². The molecule has 1 aliphatic rings. The molecular formula is C13H17BClNO3. The lowest BCUT2D eigenvalue weighted by molar-refractivity contribution is 0.00578. The lowest BCUT2D eigenvalue weighted by atomic mass is 9.89. The monoisotopic (exact) mass is 281 g/mol. The van der Waals surface area contributed by atoms with Gasteiger partial charge in [-0.15, -0.1) is 0 Å². The van der Waals surface area contributed by atoms with Gasteiger partial charge in [-0.3, -0.25) is 0 Å². The Morgan fingerprint density at radius 3 is 2.32 bits per heavy atom. The number of aromatic hydroxyl groups is 1. The third-order valence-corrected chi connectivity index (χ3v) is 3.82. The van der Waals surface area contributed by atoms with E-state index >= 15 is 0 Å². The van der Waals surface area contributed by atoms with Crippen LogP contribution in [0.4, 0.5) is 0 Å². The second kappa shape index (κ2) is 4.82. The minimum absolute atomic E-state index is 0.0329. The van der Waals surface area contributed by atoms with Crippen molar-refractivity contribution in [1.82, 2.24) is 4.98 Å². The molecule has 0 unspecified atom stereocenters. The van der Waals surface area contributed by atoms with Gasteiger partial charge in [0.15, 0.2) is 10.9 Å². The first kappa shape index (κ1) is 14.4. The Morgan fingerprint density at radius 1 is 1.21 bits per heavy atom. The summed E-state index contributed by atoms with van der Waals surface area (Å²) in [5, 5.41) is 9.37. The van der Waals surface area contributed by atoms with E-state index in [1.165, 1.54) is 6.07 Å². The molecule has 0 aromatic carbocycles. The number of halogens is 1. The van der Waals surface area contributed by atoms with E-state index in [2.05, 4.69) is 4.98 Å². The maximum atomic E-state index is 9.29. The first-order valence-electron chi connectivity index (χ1n) is 6.11. The minimum atomic E-state index is -0.417. The van der Waals surface area contributed by atoms with Gasteiger partial charge in [-0.1, -0.05) is 17.6 Å². The molecule has 1 saturated heterocycles. The molecule has 4 nitrogen and oxygen atoms in total. The van der Waals surface area contributed by atoms with Crippen LogP contribution in [-0.2, 0) is 9.31 Å². The molecule has 0 bridgehead atoms. The van der Waals surface area contributed by atoms with E-state index in [0.29, 0.717) is 5.69 Å². The zero-order valence-electron chi connectivity index (χ0n) is 11.5. The SMILES string of the molecule is CC1(C)OB(/C=C/c2ccc(O)c(Cl)n2)OC1(C)C. The van der Waals surface area contributed by atoms with Crippen molar-refractivity contribution in [2.75, 3.05) is 0 Å². The van der Waals surface area contributed by atoms with Crippen molar-refractivity contribution >= 4 is 24.8 Å². The van der Waals surface area contributed by atoms with E-state index in [4.69, 9.17) is 20.9 Å². The van der Waals surface area contributed by atoms with E-state index in [1.807, 2.05) is 27.7 Å². The van der Waals surface area contributed by atoms with Gasteiger partial charge >= 0.3 is 7.12 Å². The molecule has 0 aliphatic carbocycles. The van der Waals surface area contributed by atoms with Gasteiger partial charge in [-0.2, -0.15) is 0 Å². The summed E-state index contributed by atoms with van der Waals surface area (Å²) in [6.45, 7) is 7.99. The van der Waals surface area contributed by atoms with Crippen LogP contribution in [-0.4, -0.2) is 28.4 Å². The van der Waals surface area contributed by atoms with Crippen molar-refractivity contribution in [2.45, 2.75) is 38.9 Å². The Labute approximate surface area is 118 Å². The van der Waals surface area contributed by atoms with Crippen LogP contribution in [0, 0.1) is 0 Å². The molecule has 0 atom stereocenters. The highest BCUT2D eigenvalue weighted by Gasteiger charge is 2.49. The molecule has 0 radical (unpaired) electrons. The Morgan fingerprint density at radius 2 is 1.79 bits per heavy atom. The summed E-state index contributed by atoms with van der Waals surface area (Å²) in [4.78, 5) is 4.02. The lowest BCUT2D eigenvalue weighted by Crippen LogP contribution is -2.41. The lowest BCUT2D eigenvalue weighted by Gasteiger charge is -2.32. The highest BCUT2D eigenvalue weighted by Crippen LogP contribution is 2.37. The summed E-state index contributed by atoms with van der Waals surface area (Å²) in [6.07, 6.45) is 1.76. The van der Waals surface area contributed by atoms with E-state index in [9.17, 15) is 5.11 Å². The third kappa shape index (κ3) is 2.94. The minimum Gasteiger partial charge on any atom is -0.505 e. The molecular weight excluding hydrogens is 264 g/mol. The van der Waals surface area contributed by atoms with Crippen molar-refractivity contribution in [3.8, 4) is 5.75 Å². The summed E-state index contributed by atoms with van der Waals surface area (Å²) in [5.41, 5.74) is -0.0816. The molecule has 1 fully saturated rings. The molecule has 0 saturated carbocycles. The highest BCUT2D eigenvalue weighted by atomic mass is 35.5. The average molecular weight is 282 g/mol. The van der Waals surface area contributed by atoms with E-state index in [0.717, 1.165) is 0 Å². The maximum absolute atomic E-state index is 9.29.